The van der Waals surface area contributed by atoms with Crippen molar-refractivity contribution in [2.45, 2.75) is 26.4 Å². The van der Waals surface area contributed by atoms with E-state index < -0.39 is 5.60 Å². The van der Waals surface area contributed by atoms with Gasteiger partial charge < -0.3 is 10.0 Å². The smallest absolute Gasteiger partial charge is 0.253 e. The molecule has 1 amide bonds. The van der Waals surface area contributed by atoms with E-state index in [0.717, 1.165) is 5.56 Å². The van der Waals surface area contributed by atoms with Crippen LogP contribution in [-0.4, -0.2) is 35.1 Å². The number of likely N-dealkylation sites (N-methyl/N-ethyl adjacent to an activating group) is 1. The summed E-state index contributed by atoms with van der Waals surface area (Å²) in [5.74, 6) is -0.0675. The van der Waals surface area contributed by atoms with Crippen molar-refractivity contribution in [1.29, 1.82) is 0 Å². The van der Waals surface area contributed by atoms with Crippen LogP contribution in [0.2, 0.25) is 0 Å². The third kappa shape index (κ3) is 3.66. The first kappa shape index (κ1) is 12.7. The molecule has 0 aliphatic rings. The molecule has 3 heteroatoms. The summed E-state index contributed by atoms with van der Waals surface area (Å²) in [6.45, 7) is 5.67. The third-order valence-electron chi connectivity index (χ3n) is 2.27. The first-order chi connectivity index (χ1) is 7.29. The molecule has 0 saturated heterocycles. The molecule has 0 unspecified atom stereocenters. The Kier molecular flexibility index (Phi) is 3.70. The molecule has 1 rings (SSSR count). The van der Waals surface area contributed by atoms with Gasteiger partial charge in [-0.15, -0.1) is 0 Å². The summed E-state index contributed by atoms with van der Waals surface area (Å²) in [5, 5.41) is 9.63. The van der Waals surface area contributed by atoms with Gasteiger partial charge in [-0.25, -0.2) is 0 Å². The van der Waals surface area contributed by atoms with E-state index in [-0.39, 0.29) is 5.91 Å². The van der Waals surface area contributed by atoms with Crippen LogP contribution in [0.25, 0.3) is 0 Å². The highest BCUT2D eigenvalue weighted by Gasteiger charge is 2.20. The fourth-order valence-electron chi connectivity index (χ4n) is 1.57. The van der Waals surface area contributed by atoms with Crippen LogP contribution in [0, 0.1) is 6.92 Å². The van der Waals surface area contributed by atoms with Crippen molar-refractivity contribution in [3.8, 4) is 0 Å². The molecule has 0 fully saturated rings. The minimum atomic E-state index is -0.866. The predicted octanol–water partition coefficient (Wildman–Crippen LogP) is 1.84. The fraction of sp³-hybridized carbons (Fsp3) is 0.462. The van der Waals surface area contributed by atoms with Gasteiger partial charge in [0, 0.05) is 19.2 Å². The Balaban J connectivity index is 2.74. The SMILES string of the molecule is Cc1ccc(C(=O)N(C)CC(C)(C)O)cc1. The van der Waals surface area contributed by atoms with Crippen LogP contribution in [0.4, 0.5) is 0 Å². The van der Waals surface area contributed by atoms with Crippen LogP contribution in [-0.2, 0) is 0 Å². The molecule has 1 N–H and O–H groups in total. The van der Waals surface area contributed by atoms with Gasteiger partial charge in [-0.3, -0.25) is 4.79 Å². The number of nitrogens with zero attached hydrogens (tertiary/aromatic N) is 1. The number of hydrogen-bond donors (Lipinski definition) is 1. The van der Waals surface area contributed by atoms with E-state index in [1.165, 1.54) is 4.90 Å². The molecular weight excluding hydrogens is 202 g/mol. The summed E-state index contributed by atoms with van der Waals surface area (Å²) in [5.41, 5.74) is 0.911. The van der Waals surface area contributed by atoms with Gasteiger partial charge in [0.15, 0.2) is 0 Å². The predicted molar refractivity (Wildman–Crippen MR) is 64.4 cm³/mol. The number of carbonyl (C=O) groups is 1. The summed E-state index contributed by atoms with van der Waals surface area (Å²) in [7, 11) is 1.69. The van der Waals surface area contributed by atoms with Gasteiger partial charge in [-0.05, 0) is 32.9 Å². The second kappa shape index (κ2) is 4.66. The van der Waals surface area contributed by atoms with E-state index in [0.29, 0.717) is 12.1 Å². The zero-order valence-electron chi connectivity index (χ0n) is 10.3. The van der Waals surface area contributed by atoms with Crippen molar-refractivity contribution in [3.63, 3.8) is 0 Å². The van der Waals surface area contributed by atoms with Crippen molar-refractivity contribution >= 4 is 5.91 Å². The van der Waals surface area contributed by atoms with Gasteiger partial charge in [0.2, 0.25) is 0 Å². The quantitative estimate of drug-likeness (QED) is 0.846. The van der Waals surface area contributed by atoms with Gasteiger partial charge in [0.25, 0.3) is 5.91 Å². The molecule has 1 aromatic rings. The lowest BCUT2D eigenvalue weighted by Crippen LogP contribution is -2.39. The molecule has 0 atom stereocenters. The minimum Gasteiger partial charge on any atom is -0.389 e. The average Bonchev–Trinajstić information content (AvgIpc) is 2.15. The van der Waals surface area contributed by atoms with Gasteiger partial charge in [0.05, 0.1) is 5.60 Å². The first-order valence-electron chi connectivity index (χ1n) is 5.34. The number of aliphatic hydroxyl groups is 1. The number of hydrogen-bond acceptors (Lipinski definition) is 2. The van der Waals surface area contributed by atoms with Crippen molar-refractivity contribution in [1.82, 2.24) is 4.90 Å². The van der Waals surface area contributed by atoms with E-state index in [1.54, 1.807) is 33.0 Å². The van der Waals surface area contributed by atoms with Gasteiger partial charge in [-0.1, -0.05) is 17.7 Å². The Morgan fingerprint density at radius 1 is 1.31 bits per heavy atom. The lowest BCUT2D eigenvalue weighted by atomic mass is 10.1. The summed E-state index contributed by atoms with van der Waals surface area (Å²) in [4.78, 5) is 13.5. The van der Waals surface area contributed by atoms with Gasteiger partial charge in [0.1, 0.15) is 0 Å². The Hall–Kier alpha value is -1.35. The summed E-state index contributed by atoms with van der Waals surface area (Å²) >= 11 is 0. The molecule has 88 valence electrons. The Labute approximate surface area is 96.7 Å². The molecule has 0 spiro atoms. The Morgan fingerprint density at radius 2 is 1.81 bits per heavy atom. The summed E-state index contributed by atoms with van der Waals surface area (Å²) < 4.78 is 0. The Morgan fingerprint density at radius 3 is 2.25 bits per heavy atom. The second-order valence-corrected chi connectivity index (χ2v) is 4.84. The zero-order chi connectivity index (χ0) is 12.3. The molecular formula is C13H19NO2. The molecule has 1 aromatic carbocycles. The maximum Gasteiger partial charge on any atom is 0.253 e. The van der Waals surface area contributed by atoms with E-state index in [2.05, 4.69) is 0 Å². The number of amides is 1. The van der Waals surface area contributed by atoms with E-state index in [4.69, 9.17) is 0 Å². The van der Waals surface area contributed by atoms with Crippen molar-refractivity contribution in [2.24, 2.45) is 0 Å². The van der Waals surface area contributed by atoms with Crippen LogP contribution < -0.4 is 0 Å². The van der Waals surface area contributed by atoms with Crippen LogP contribution in [0.5, 0.6) is 0 Å². The van der Waals surface area contributed by atoms with E-state index in [9.17, 15) is 9.90 Å². The number of carbonyl (C=O) groups excluding carboxylic acids is 1. The summed E-state index contributed by atoms with van der Waals surface area (Å²) in [6.07, 6.45) is 0. The third-order valence-corrected chi connectivity index (χ3v) is 2.27. The van der Waals surface area contributed by atoms with Crippen molar-refractivity contribution in [3.05, 3.63) is 35.4 Å². The highest BCUT2D eigenvalue weighted by atomic mass is 16.3. The average molecular weight is 221 g/mol. The molecule has 0 aromatic heterocycles. The lowest BCUT2D eigenvalue weighted by molar-refractivity contribution is 0.0368. The second-order valence-electron chi connectivity index (χ2n) is 4.84. The molecule has 16 heavy (non-hydrogen) atoms. The fourth-order valence-corrected chi connectivity index (χ4v) is 1.57. The standard InChI is InChI=1S/C13H19NO2/c1-10-5-7-11(8-6-10)12(15)14(4)9-13(2,3)16/h5-8,16H,9H2,1-4H3. The van der Waals surface area contributed by atoms with Crippen LogP contribution >= 0.6 is 0 Å². The summed E-state index contributed by atoms with van der Waals surface area (Å²) in [6, 6.07) is 7.42. The number of rotatable bonds is 3. The number of benzene rings is 1. The lowest BCUT2D eigenvalue weighted by Gasteiger charge is -2.25. The Bertz CT molecular complexity index is 363. The largest absolute Gasteiger partial charge is 0.389 e. The number of aryl methyl sites for hydroxylation is 1. The van der Waals surface area contributed by atoms with Gasteiger partial charge in [-0.2, -0.15) is 0 Å². The minimum absolute atomic E-state index is 0.0675. The van der Waals surface area contributed by atoms with Gasteiger partial charge >= 0.3 is 0 Å². The first-order valence-corrected chi connectivity index (χ1v) is 5.34. The molecule has 0 bridgehead atoms. The molecule has 0 saturated carbocycles. The maximum atomic E-state index is 11.9. The maximum absolute atomic E-state index is 11.9. The topological polar surface area (TPSA) is 40.5 Å². The molecule has 3 nitrogen and oxygen atoms in total. The van der Waals surface area contributed by atoms with Crippen LogP contribution in [0.15, 0.2) is 24.3 Å². The molecule has 0 aliphatic carbocycles. The van der Waals surface area contributed by atoms with Crippen molar-refractivity contribution < 1.29 is 9.90 Å². The van der Waals surface area contributed by atoms with E-state index in [1.807, 2.05) is 19.1 Å². The highest BCUT2D eigenvalue weighted by Crippen LogP contribution is 2.09. The van der Waals surface area contributed by atoms with E-state index >= 15 is 0 Å². The van der Waals surface area contributed by atoms with Crippen molar-refractivity contribution in [2.75, 3.05) is 13.6 Å². The monoisotopic (exact) mass is 221 g/mol. The van der Waals surface area contributed by atoms with Crippen LogP contribution in [0.3, 0.4) is 0 Å². The molecule has 0 aliphatic heterocycles. The molecule has 0 heterocycles. The normalized spacial score (nSPS) is 11.3. The highest BCUT2D eigenvalue weighted by molar-refractivity contribution is 5.94. The molecule has 0 radical (unpaired) electrons. The zero-order valence-corrected chi connectivity index (χ0v) is 10.3. The van der Waals surface area contributed by atoms with Crippen LogP contribution in [0.1, 0.15) is 29.8 Å².